The molecule has 1 saturated heterocycles. The second-order valence-corrected chi connectivity index (χ2v) is 8.68. The number of aryl methyl sites for hydroxylation is 1. The summed E-state index contributed by atoms with van der Waals surface area (Å²) in [7, 11) is -0.674. The molecule has 146 valence electrons. The number of ether oxygens (including phenoxy) is 2. The summed E-state index contributed by atoms with van der Waals surface area (Å²) in [6.07, 6.45) is 0. The minimum absolute atomic E-state index is 0.151. The third-order valence-electron chi connectivity index (χ3n) is 4.74. The van der Waals surface area contributed by atoms with Crippen LogP contribution >= 0.6 is 11.6 Å². The number of hydrogen-bond acceptors (Lipinski definition) is 5. The summed E-state index contributed by atoms with van der Waals surface area (Å²) in [5.74, 6) is 0.828. The summed E-state index contributed by atoms with van der Waals surface area (Å²) in [4.78, 5) is 2.32. The average Bonchev–Trinajstić information content (AvgIpc) is 2.69. The van der Waals surface area contributed by atoms with E-state index in [2.05, 4.69) is 4.90 Å². The van der Waals surface area contributed by atoms with Crippen molar-refractivity contribution in [2.45, 2.75) is 11.8 Å². The number of halogens is 1. The van der Waals surface area contributed by atoms with Gasteiger partial charge in [-0.2, -0.15) is 4.31 Å². The molecule has 0 spiro atoms. The van der Waals surface area contributed by atoms with Crippen LogP contribution < -0.4 is 14.4 Å². The lowest BCUT2D eigenvalue weighted by atomic mass is 10.1. The van der Waals surface area contributed by atoms with Gasteiger partial charge in [-0.15, -0.1) is 0 Å². The molecule has 1 aliphatic rings. The quantitative estimate of drug-likeness (QED) is 0.757. The first kappa shape index (κ1) is 19.8. The van der Waals surface area contributed by atoms with Crippen molar-refractivity contribution in [2.75, 3.05) is 45.3 Å². The normalized spacial score (nSPS) is 15.6. The van der Waals surface area contributed by atoms with Gasteiger partial charge in [-0.3, -0.25) is 0 Å². The number of benzene rings is 2. The van der Waals surface area contributed by atoms with E-state index in [0.717, 1.165) is 11.3 Å². The molecular formula is C19H23ClN2O4S. The fourth-order valence-electron chi connectivity index (χ4n) is 3.22. The van der Waals surface area contributed by atoms with Gasteiger partial charge < -0.3 is 14.4 Å². The van der Waals surface area contributed by atoms with Crippen molar-refractivity contribution < 1.29 is 17.9 Å². The molecule has 0 aromatic heterocycles. The molecule has 0 N–H and O–H groups in total. The molecule has 6 nitrogen and oxygen atoms in total. The van der Waals surface area contributed by atoms with E-state index in [1.807, 2.05) is 25.1 Å². The van der Waals surface area contributed by atoms with Crippen LogP contribution in [0.4, 0.5) is 5.69 Å². The number of rotatable bonds is 5. The first-order valence-electron chi connectivity index (χ1n) is 8.60. The molecule has 0 unspecified atom stereocenters. The Labute approximate surface area is 165 Å². The van der Waals surface area contributed by atoms with Gasteiger partial charge in [-0.05, 0) is 36.8 Å². The first-order valence-corrected chi connectivity index (χ1v) is 10.4. The van der Waals surface area contributed by atoms with Crippen LogP contribution in [-0.2, 0) is 10.0 Å². The number of anilines is 1. The fourth-order valence-corrected chi connectivity index (χ4v) is 4.94. The summed E-state index contributed by atoms with van der Waals surface area (Å²) >= 11 is 6.12. The second kappa shape index (κ2) is 7.96. The van der Waals surface area contributed by atoms with Crippen molar-refractivity contribution in [3.8, 4) is 11.5 Å². The molecule has 1 heterocycles. The van der Waals surface area contributed by atoms with Gasteiger partial charge in [0.15, 0.2) is 0 Å². The van der Waals surface area contributed by atoms with Gasteiger partial charge in [-0.1, -0.05) is 17.7 Å². The van der Waals surface area contributed by atoms with E-state index in [0.29, 0.717) is 37.0 Å². The summed E-state index contributed by atoms with van der Waals surface area (Å²) < 4.78 is 38.1. The summed E-state index contributed by atoms with van der Waals surface area (Å²) in [6, 6.07) is 10.5. The first-order chi connectivity index (χ1) is 12.9. The van der Waals surface area contributed by atoms with Crippen LogP contribution in [0.5, 0.6) is 11.5 Å². The van der Waals surface area contributed by atoms with Crippen molar-refractivity contribution in [1.29, 1.82) is 0 Å². The van der Waals surface area contributed by atoms with Crippen LogP contribution in [0.2, 0.25) is 5.02 Å². The van der Waals surface area contributed by atoms with Crippen LogP contribution in [0.25, 0.3) is 0 Å². The smallest absolute Gasteiger partial charge is 0.246 e. The van der Waals surface area contributed by atoms with Gasteiger partial charge >= 0.3 is 0 Å². The standard InChI is InChI=1S/C19H23ClN2O4S/c1-14-4-5-15(20)12-17(14)21-8-10-22(11-9-21)27(23,24)19-7-6-16(25-2)13-18(19)26-3/h4-7,12-13H,8-11H2,1-3H3. The molecule has 2 aromatic carbocycles. The van der Waals surface area contributed by atoms with Crippen molar-refractivity contribution >= 4 is 27.3 Å². The van der Waals surface area contributed by atoms with E-state index in [4.69, 9.17) is 21.1 Å². The topological polar surface area (TPSA) is 59.1 Å². The van der Waals surface area contributed by atoms with Crippen LogP contribution in [-0.4, -0.2) is 53.1 Å². The molecule has 27 heavy (non-hydrogen) atoms. The number of nitrogens with zero attached hydrogens (tertiary/aromatic N) is 2. The predicted molar refractivity (Wildman–Crippen MR) is 107 cm³/mol. The number of piperazine rings is 1. The summed E-state index contributed by atoms with van der Waals surface area (Å²) in [6.45, 7) is 4.00. The highest BCUT2D eigenvalue weighted by molar-refractivity contribution is 7.89. The summed E-state index contributed by atoms with van der Waals surface area (Å²) in [5, 5.41) is 0.675. The lowest BCUT2D eigenvalue weighted by Gasteiger charge is -2.36. The maximum Gasteiger partial charge on any atom is 0.246 e. The van der Waals surface area contributed by atoms with E-state index in [1.54, 1.807) is 12.1 Å². The molecule has 0 amide bonds. The molecule has 1 aliphatic heterocycles. The van der Waals surface area contributed by atoms with E-state index >= 15 is 0 Å². The van der Waals surface area contributed by atoms with Crippen molar-refractivity contribution in [3.63, 3.8) is 0 Å². The molecule has 0 aliphatic carbocycles. The molecule has 2 aromatic rings. The molecule has 0 atom stereocenters. The molecule has 3 rings (SSSR count). The number of methoxy groups -OCH3 is 2. The van der Waals surface area contributed by atoms with E-state index in [1.165, 1.54) is 24.6 Å². The molecule has 0 bridgehead atoms. The Balaban J connectivity index is 1.80. The zero-order chi connectivity index (χ0) is 19.6. The van der Waals surface area contributed by atoms with Gasteiger partial charge in [0.2, 0.25) is 10.0 Å². The van der Waals surface area contributed by atoms with Crippen LogP contribution in [0.15, 0.2) is 41.3 Å². The van der Waals surface area contributed by atoms with Gasteiger partial charge in [0.1, 0.15) is 16.4 Å². The Morgan fingerprint density at radius 1 is 0.963 bits per heavy atom. The van der Waals surface area contributed by atoms with E-state index in [-0.39, 0.29) is 10.6 Å². The highest BCUT2D eigenvalue weighted by Crippen LogP contribution is 2.32. The van der Waals surface area contributed by atoms with Crippen LogP contribution in [0.1, 0.15) is 5.56 Å². The average molecular weight is 411 g/mol. The predicted octanol–water partition coefficient (Wildman–Crippen LogP) is 3.18. The second-order valence-electron chi connectivity index (χ2n) is 6.34. The van der Waals surface area contributed by atoms with Crippen molar-refractivity contribution in [1.82, 2.24) is 4.31 Å². The molecule has 0 radical (unpaired) electrons. The lowest BCUT2D eigenvalue weighted by molar-refractivity contribution is 0.370. The van der Waals surface area contributed by atoms with E-state index in [9.17, 15) is 8.42 Å². The minimum atomic E-state index is -3.65. The van der Waals surface area contributed by atoms with Gasteiger partial charge in [0, 0.05) is 43.0 Å². The number of hydrogen-bond donors (Lipinski definition) is 0. The monoisotopic (exact) mass is 410 g/mol. The maximum atomic E-state index is 13.1. The Morgan fingerprint density at radius 2 is 1.67 bits per heavy atom. The van der Waals surface area contributed by atoms with E-state index < -0.39 is 10.0 Å². The van der Waals surface area contributed by atoms with Gasteiger partial charge in [0.25, 0.3) is 0 Å². The SMILES string of the molecule is COc1ccc(S(=O)(=O)N2CCN(c3cc(Cl)ccc3C)CC2)c(OC)c1. The van der Waals surface area contributed by atoms with Crippen molar-refractivity contribution in [3.05, 3.63) is 47.0 Å². The summed E-state index contributed by atoms with van der Waals surface area (Å²) in [5.41, 5.74) is 2.16. The fraction of sp³-hybridized carbons (Fsp3) is 0.368. The Kier molecular flexibility index (Phi) is 5.83. The zero-order valence-electron chi connectivity index (χ0n) is 15.6. The minimum Gasteiger partial charge on any atom is -0.497 e. The van der Waals surface area contributed by atoms with Gasteiger partial charge in [-0.25, -0.2) is 8.42 Å². The molecule has 8 heteroatoms. The highest BCUT2D eigenvalue weighted by Gasteiger charge is 2.31. The zero-order valence-corrected chi connectivity index (χ0v) is 17.2. The van der Waals surface area contributed by atoms with Gasteiger partial charge in [0.05, 0.1) is 14.2 Å². The van der Waals surface area contributed by atoms with Crippen LogP contribution in [0.3, 0.4) is 0 Å². The Morgan fingerprint density at radius 3 is 2.30 bits per heavy atom. The molecule has 1 fully saturated rings. The molecular weight excluding hydrogens is 388 g/mol. The van der Waals surface area contributed by atoms with Crippen molar-refractivity contribution in [2.24, 2.45) is 0 Å². The highest BCUT2D eigenvalue weighted by atomic mass is 35.5. The largest absolute Gasteiger partial charge is 0.497 e. The Hall–Kier alpha value is -1.96. The Bertz CT molecular complexity index is 925. The maximum absolute atomic E-state index is 13.1. The lowest BCUT2D eigenvalue weighted by Crippen LogP contribution is -2.48. The number of sulfonamides is 1. The molecule has 0 saturated carbocycles. The van der Waals surface area contributed by atoms with Crippen LogP contribution in [0, 0.1) is 6.92 Å². The third kappa shape index (κ3) is 4.00. The third-order valence-corrected chi connectivity index (χ3v) is 6.91.